The first-order chi connectivity index (χ1) is 10.6. The van der Waals surface area contributed by atoms with E-state index in [1.807, 2.05) is 44.2 Å². The lowest BCUT2D eigenvalue weighted by Gasteiger charge is -2.31. The van der Waals surface area contributed by atoms with Gasteiger partial charge in [-0.25, -0.2) is 0 Å². The zero-order valence-corrected chi connectivity index (χ0v) is 13.3. The molecule has 1 amide bonds. The molecule has 0 saturated heterocycles. The van der Waals surface area contributed by atoms with E-state index in [2.05, 4.69) is 29.6 Å². The molecule has 0 saturated carbocycles. The third-order valence-corrected chi connectivity index (χ3v) is 4.74. The molecule has 2 aromatic rings. The smallest absolute Gasteiger partial charge is 0.230 e. The molecule has 2 aromatic carbocycles. The van der Waals surface area contributed by atoms with Crippen molar-refractivity contribution >= 4 is 5.91 Å². The molecular weight excluding hydrogens is 270 g/mol. The summed E-state index contributed by atoms with van der Waals surface area (Å²) < 4.78 is 0. The minimum absolute atomic E-state index is 0.0976. The summed E-state index contributed by atoms with van der Waals surface area (Å²) in [6, 6.07) is 18.6. The van der Waals surface area contributed by atoms with Crippen LogP contribution in [0.4, 0.5) is 0 Å². The summed E-state index contributed by atoms with van der Waals surface area (Å²) in [5.74, 6) is 0.0976. The fourth-order valence-electron chi connectivity index (χ4n) is 3.23. The number of fused-ring (bicyclic) bond motifs is 1. The number of hydrogen-bond acceptors (Lipinski definition) is 1. The first kappa shape index (κ1) is 14.8. The van der Waals surface area contributed by atoms with E-state index in [9.17, 15) is 4.79 Å². The van der Waals surface area contributed by atoms with Crippen LogP contribution < -0.4 is 5.32 Å². The van der Waals surface area contributed by atoms with E-state index in [-0.39, 0.29) is 11.9 Å². The Hall–Kier alpha value is -2.09. The van der Waals surface area contributed by atoms with E-state index in [0.717, 1.165) is 24.8 Å². The van der Waals surface area contributed by atoms with Crippen LogP contribution in [0, 0.1) is 0 Å². The van der Waals surface area contributed by atoms with Gasteiger partial charge in [0.2, 0.25) is 5.91 Å². The number of amides is 1. The summed E-state index contributed by atoms with van der Waals surface area (Å²) in [7, 11) is 0. The van der Waals surface area contributed by atoms with Crippen LogP contribution in [0.15, 0.2) is 54.6 Å². The molecule has 1 aliphatic carbocycles. The summed E-state index contributed by atoms with van der Waals surface area (Å²) >= 11 is 0. The summed E-state index contributed by atoms with van der Waals surface area (Å²) in [4.78, 5) is 12.8. The maximum Gasteiger partial charge on any atom is 0.230 e. The standard InChI is InChI=1S/C20H23NO/c1-20(2,16-11-4-3-5-12-16)19(22)21-18-14-8-10-15-9-6-7-13-17(15)18/h3-7,9,11-13,18H,8,10,14H2,1-2H3,(H,21,22)/t18-/m0/s1. The number of hydrogen-bond donors (Lipinski definition) is 1. The highest BCUT2D eigenvalue weighted by Crippen LogP contribution is 2.31. The molecule has 114 valence electrons. The van der Waals surface area contributed by atoms with Crippen LogP contribution in [0.1, 0.15) is 49.4 Å². The van der Waals surface area contributed by atoms with Crippen molar-refractivity contribution in [3.63, 3.8) is 0 Å². The van der Waals surface area contributed by atoms with Gasteiger partial charge in [0, 0.05) is 0 Å². The predicted octanol–water partition coefficient (Wildman–Crippen LogP) is 4.16. The van der Waals surface area contributed by atoms with E-state index >= 15 is 0 Å². The molecule has 22 heavy (non-hydrogen) atoms. The van der Waals surface area contributed by atoms with Crippen molar-refractivity contribution < 1.29 is 4.79 Å². The number of nitrogens with one attached hydrogen (secondary N) is 1. The monoisotopic (exact) mass is 293 g/mol. The summed E-state index contributed by atoms with van der Waals surface area (Å²) in [5.41, 5.74) is 3.19. The molecule has 0 radical (unpaired) electrons. The second-order valence-electron chi connectivity index (χ2n) is 6.61. The molecule has 0 aromatic heterocycles. The molecule has 3 rings (SSSR count). The van der Waals surface area contributed by atoms with E-state index in [4.69, 9.17) is 0 Å². The Morgan fingerprint density at radius 1 is 1.05 bits per heavy atom. The van der Waals surface area contributed by atoms with Crippen molar-refractivity contribution in [2.75, 3.05) is 0 Å². The Balaban J connectivity index is 1.81. The summed E-state index contributed by atoms with van der Waals surface area (Å²) in [6.45, 7) is 3.98. The Bertz CT molecular complexity index is 660. The largest absolute Gasteiger partial charge is 0.349 e. The number of benzene rings is 2. The molecule has 0 spiro atoms. The van der Waals surface area contributed by atoms with E-state index in [1.165, 1.54) is 11.1 Å². The Morgan fingerprint density at radius 3 is 2.50 bits per heavy atom. The minimum Gasteiger partial charge on any atom is -0.349 e. The highest BCUT2D eigenvalue weighted by molar-refractivity contribution is 5.87. The number of rotatable bonds is 3. The van der Waals surface area contributed by atoms with Gasteiger partial charge < -0.3 is 5.32 Å². The lowest BCUT2D eigenvalue weighted by molar-refractivity contribution is -0.126. The van der Waals surface area contributed by atoms with Crippen LogP contribution in [0.2, 0.25) is 0 Å². The van der Waals surface area contributed by atoms with Gasteiger partial charge in [0.05, 0.1) is 11.5 Å². The van der Waals surface area contributed by atoms with Gasteiger partial charge >= 0.3 is 0 Å². The van der Waals surface area contributed by atoms with Crippen LogP contribution in [-0.4, -0.2) is 5.91 Å². The topological polar surface area (TPSA) is 29.1 Å². The normalized spacial score (nSPS) is 17.6. The Labute approximate surface area is 132 Å². The average Bonchev–Trinajstić information content (AvgIpc) is 2.56. The second kappa shape index (κ2) is 5.96. The van der Waals surface area contributed by atoms with Crippen molar-refractivity contribution in [1.29, 1.82) is 0 Å². The summed E-state index contributed by atoms with van der Waals surface area (Å²) in [5, 5.41) is 3.27. The van der Waals surface area contributed by atoms with Gasteiger partial charge in [-0.05, 0) is 49.8 Å². The molecule has 2 heteroatoms. The van der Waals surface area contributed by atoms with Crippen LogP contribution in [0.25, 0.3) is 0 Å². The molecule has 0 heterocycles. The first-order valence-corrected chi connectivity index (χ1v) is 8.03. The van der Waals surface area contributed by atoms with Crippen LogP contribution in [0.5, 0.6) is 0 Å². The first-order valence-electron chi connectivity index (χ1n) is 8.03. The van der Waals surface area contributed by atoms with E-state index < -0.39 is 5.41 Å². The fourth-order valence-corrected chi connectivity index (χ4v) is 3.23. The van der Waals surface area contributed by atoms with Crippen LogP contribution in [-0.2, 0) is 16.6 Å². The maximum atomic E-state index is 12.8. The minimum atomic E-state index is -0.520. The number of carbonyl (C=O) groups is 1. The second-order valence-corrected chi connectivity index (χ2v) is 6.61. The molecule has 1 aliphatic rings. The molecule has 2 nitrogen and oxygen atoms in total. The third kappa shape index (κ3) is 2.78. The molecular formula is C20H23NO. The van der Waals surface area contributed by atoms with Crippen molar-refractivity contribution in [3.05, 3.63) is 71.3 Å². The Morgan fingerprint density at radius 2 is 1.73 bits per heavy atom. The predicted molar refractivity (Wildman–Crippen MR) is 89.7 cm³/mol. The number of aryl methyl sites for hydroxylation is 1. The van der Waals surface area contributed by atoms with Crippen LogP contribution >= 0.6 is 0 Å². The quantitative estimate of drug-likeness (QED) is 0.904. The molecule has 0 fully saturated rings. The highest BCUT2D eigenvalue weighted by Gasteiger charge is 2.32. The Kier molecular flexibility index (Phi) is 4.02. The van der Waals surface area contributed by atoms with E-state index in [1.54, 1.807) is 0 Å². The lowest BCUT2D eigenvalue weighted by atomic mass is 9.82. The van der Waals surface area contributed by atoms with E-state index in [0.29, 0.717) is 0 Å². The third-order valence-electron chi connectivity index (χ3n) is 4.74. The molecule has 1 atom stereocenters. The molecule has 1 N–H and O–H groups in total. The SMILES string of the molecule is CC(C)(C(=O)N[C@H]1CCCc2ccccc21)c1ccccc1. The summed E-state index contributed by atoms with van der Waals surface area (Å²) in [6.07, 6.45) is 3.27. The van der Waals surface area contributed by atoms with Crippen molar-refractivity contribution in [3.8, 4) is 0 Å². The van der Waals surface area contributed by atoms with Gasteiger partial charge in [-0.3, -0.25) is 4.79 Å². The fraction of sp³-hybridized carbons (Fsp3) is 0.350. The highest BCUT2D eigenvalue weighted by atomic mass is 16.2. The van der Waals surface area contributed by atoms with Crippen molar-refractivity contribution in [2.45, 2.75) is 44.6 Å². The average molecular weight is 293 g/mol. The van der Waals surface area contributed by atoms with Crippen LogP contribution in [0.3, 0.4) is 0 Å². The zero-order valence-electron chi connectivity index (χ0n) is 13.3. The van der Waals surface area contributed by atoms with Gasteiger partial charge in [0.25, 0.3) is 0 Å². The van der Waals surface area contributed by atoms with Gasteiger partial charge in [-0.1, -0.05) is 54.6 Å². The molecule has 0 aliphatic heterocycles. The maximum absolute atomic E-state index is 12.8. The van der Waals surface area contributed by atoms with Gasteiger partial charge in [0.15, 0.2) is 0 Å². The van der Waals surface area contributed by atoms with Crippen molar-refractivity contribution in [1.82, 2.24) is 5.32 Å². The zero-order chi connectivity index (χ0) is 15.6. The molecule has 0 bridgehead atoms. The molecule has 0 unspecified atom stereocenters. The number of carbonyl (C=O) groups excluding carboxylic acids is 1. The van der Waals surface area contributed by atoms with Crippen molar-refractivity contribution in [2.24, 2.45) is 0 Å². The van der Waals surface area contributed by atoms with Gasteiger partial charge in [0.1, 0.15) is 0 Å². The van der Waals surface area contributed by atoms with Gasteiger partial charge in [-0.2, -0.15) is 0 Å². The van der Waals surface area contributed by atoms with Gasteiger partial charge in [-0.15, -0.1) is 0 Å². The lowest BCUT2D eigenvalue weighted by Crippen LogP contribution is -2.42.